The van der Waals surface area contributed by atoms with Crippen LogP contribution in [0.15, 0.2) is 29.3 Å². The zero-order valence-corrected chi connectivity index (χ0v) is 14.3. The van der Waals surface area contributed by atoms with Gasteiger partial charge in [0.1, 0.15) is 5.75 Å². The van der Waals surface area contributed by atoms with Crippen molar-refractivity contribution in [3.05, 3.63) is 29.8 Å². The first-order valence-electron chi connectivity index (χ1n) is 8.66. The Balaban J connectivity index is 1.96. The molecule has 0 aromatic heterocycles. The smallest absolute Gasteiger partial charge is 0.194 e. The van der Waals surface area contributed by atoms with Gasteiger partial charge >= 0.3 is 0 Å². The van der Waals surface area contributed by atoms with Crippen LogP contribution < -0.4 is 10.1 Å². The molecule has 1 aromatic carbocycles. The van der Waals surface area contributed by atoms with Gasteiger partial charge in [0.25, 0.3) is 0 Å². The van der Waals surface area contributed by atoms with Crippen molar-refractivity contribution in [3.8, 4) is 5.75 Å². The van der Waals surface area contributed by atoms with Crippen LogP contribution in [0.1, 0.15) is 38.7 Å². The Hall–Kier alpha value is -1.75. The van der Waals surface area contributed by atoms with Crippen molar-refractivity contribution >= 4 is 5.96 Å². The standard InChI is InChI=1S/C18H29N3O2/c1-3-5-11-23-17-8-6-7-15(12-17)13-20-18(19-4-2)21-10-9-16(22)14-21/h6-8,12,16,22H,3-5,9-11,13-14H2,1-2H3,(H,19,20)/t16-/m1/s1. The number of unbranched alkanes of at least 4 members (excludes halogenated alkanes) is 1. The Morgan fingerprint density at radius 3 is 3.00 bits per heavy atom. The van der Waals surface area contributed by atoms with E-state index in [1.165, 1.54) is 0 Å². The summed E-state index contributed by atoms with van der Waals surface area (Å²) in [5, 5.41) is 13.0. The van der Waals surface area contributed by atoms with E-state index in [-0.39, 0.29) is 6.10 Å². The van der Waals surface area contributed by atoms with Crippen molar-refractivity contribution in [2.24, 2.45) is 4.99 Å². The van der Waals surface area contributed by atoms with Gasteiger partial charge < -0.3 is 20.1 Å². The fourth-order valence-corrected chi connectivity index (χ4v) is 2.59. The van der Waals surface area contributed by atoms with Crippen LogP contribution in [0.2, 0.25) is 0 Å². The van der Waals surface area contributed by atoms with E-state index in [1.807, 2.05) is 12.1 Å². The lowest BCUT2D eigenvalue weighted by atomic mass is 10.2. The molecular weight excluding hydrogens is 290 g/mol. The summed E-state index contributed by atoms with van der Waals surface area (Å²) in [6.07, 6.45) is 2.78. The monoisotopic (exact) mass is 319 g/mol. The molecule has 1 fully saturated rings. The molecule has 2 rings (SSSR count). The third kappa shape index (κ3) is 5.75. The van der Waals surface area contributed by atoms with Gasteiger partial charge in [-0.05, 0) is 37.5 Å². The summed E-state index contributed by atoms with van der Waals surface area (Å²) in [4.78, 5) is 6.82. The second-order valence-corrected chi connectivity index (χ2v) is 5.91. The highest BCUT2D eigenvalue weighted by atomic mass is 16.5. The van der Waals surface area contributed by atoms with Gasteiger partial charge in [-0.1, -0.05) is 25.5 Å². The van der Waals surface area contributed by atoms with Crippen LogP contribution in [0, 0.1) is 0 Å². The summed E-state index contributed by atoms with van der Waals surface area (Å²) in [5.41, 5.74) is 1.13. The van der Waals surface area contributed by atoms with Crippen LogP contribution in [0.4, 0.5) is 0 Å². The summed E-state index contributed by atoms with van der Waals surface area (Å²) in [6.45, 7) is 7.93. The van der Waals surface area contributed by atoms with Gasteiger partial charge in [0.05, 0.1) is 19.3 Å². The highest BCUT2D eigenvalue weighted by molar-refractivity contribution is 5.80. The summed E-state index contributed by atoms with van der Waals surface area (Å²) in [5.74, 6) is 1.79. The van der Waals surface area contributed by atoms with Crippen LogP contribution in [0.25, 0.3) is 0 Å². The predicted octanol–water partition coefficient (Wildman–Crippen LogP) is 2.40. The van der Waals surface area contributed by atoms with Crippen LogP contribution in [0.5, 0.6) is 5.75 Å². The Morgan fingerprint density at radius 2 is 2.30 bits per heavy atom. The first-order chi connectivity index (χ1) is 11.2. The normalized spacial score (nSPS) is 18.3. The highest BCUT2D eigenvalue weighted by Gasteiger charge is 2.22. The van der Waals surface area contributed by atoms with E-state index in [9.17, 15) is 5.11 Å². The number of hydrogen-bond acceptors (Lipinski definition) is 3. The van der Waals surface area contributed by atoms with E-state index in [1.54, 1.807) is 0 Å². The van der Waals surface area contributed by atoms with E-state index in [2.05, 4.69) is 36.2 Å². The highest BCUT2D eigenvalue weighted by Crippen LogP contribution is 2.15. The number of likely N-dealkylation sites (tertiary alicyclic amines) is 1. The number of benzene rings is 1. The molecule has 0 unspecified atom stereocenters. The van der Waals surface area contributed by atoms with Crippen molar-refractivity contribution in [3.63, 3.8) is 0 Å². The zero-order chi connectivity index (χ0) is 16.5. The Morgan fingerprint density at radius 1 is 1.43 bits per heavy atom. The van der Waals surface area contributed by atoms with E-state index >= 15 is 0 Å². The lowest BCUT2D eigenvalue weighted by Gasteiger charge is -2.21. The molecule has 5 nitrogen and oxygen atoms in total. The van der Waals surface area contributed by atoms with Crippen LogP contribution in [-0.4, -0.2) is 48.3 Å². The lowest BCUT2D eigenvalue weighted by Crippen LogP contribution is -2.40. The number of aliphatic hydroxyl groups excluding tert-OH is 1. The maximum absolute atomic E-state index is 9.70. The third-order valence-corrected chi connectivity index (χ3v) is 3.87. The number of nitrogens with zero attached hydrogens (tertiary/aromatic N) is 2. The zero-order valence-electron chi connectivity index (χ0n) is 14.3. The molecule has 1 aliphatic rings. The molecule has 1 saturated heterocycles. The molecule has 1 aromatic rings. The molecule has 23 heavy (non-hydrogen) atoms. The van der Waals surface area contributed by atoms with Gasteiger partial charge in [0.15, 0.2) is 5.96 Å². The number of aliphatic imine (C=N–C) groups is 1. The number of hydrogen-bond donors (Lipinski definition) is 2. The molecule has 128 valence electrons. The second kappa shape index (κ2) is 9.40. The molecule has 0 radical (unpaired) electrons. The molecule has 5 heteroatoms. The number of ether oxygens (including phenoxy) is 1. The second-order valence-electron chi connectivity index (χ2n) is 5.91. The predicted molar refractivity (Wildman–Crippen MR) is 93.9 cm³/mol. The lowest BCUT2D eigenvalue weighted by molar-refractivity contribution is 0.188. The largest absolute Gasteiger partial charge is 0.494 e. The summed E-state index contributed by atoms with van der Waals surface area (Å²) in [6, 6.07) is 8.13. The van der Waals surface area contributed by atoms with Gasteiger partial charge in [-0.25, -0.2) is 4.99 Å². The first-order valence-corrected chi connectivity index (χ1v) is 8.66. The number of β-amino-alcohol motifs (C(OH)–C–C–N with tert-alkyl or cyclic N) is 1. The summed E-state index contributed by atoms with van der Waals surface area (Å²) in [7, 11) is 0. The van der Waals surface area contributed by atoms with Gasteiger partial charge in [-0.3, -0.25) is 0 Å². The van der Waals surface area contributed by atoms with Gasteiger partial charge in [0, 0.05) is 19.6 Å². The minimum atomic E-state index is -0.242. The van der Waals surface area contributed by atoms with Crippen molar-refractivity contribution in [1.29, 1.82) is 0 Å². The van der Waals surface area contributed by atoms with E-state index in [0.717, 1.165) is 56.2 Å². The number of rotatable bonds is 7. The van der Waals surface area contributed by atoms with Crippen molar-refractivity contribution in [2.45, 2.75) is 45.8 Å². The van der Waals surface area contributed by atoms with Crippen LogP contribution in [0.3, 0.4) is 0 Å². The average Bonchev–Trinajstić information content (AvgIpc) is 2.98. The minimum absolute atomic E-state index is 0.242. The number of guanidine groups is 1. The number of nitrogens with one attached hydrogen (secondary N) is 1. The summed E-state index contributed by atoms with van der Waals surface area (Å²) >= 11 is 0. The third-order valence-electron chi connectivity index (χ3n) is 3.87. The fourth-order valence-electron chi connectivity index (χ4n) is 2.59. The summed E-state index contributed by atoms with van der Waals surface area (Å²) < 4.78 is 5.75. The minimum Gasteiger partial charge on any atom is -0.494 e. The fraction of sp³-hybridized carbons (Fsp3) is 0.611. The molecule has 1 aliphatic heterocycles. The molecule has 1 heterocycles. The molecule has 0 bridgehead atoms. The molecule has 0 aliphatic carbocycles. The molecule has 2 N–H and O–H groups in total. The molecule has 0 amide bonds. The molecular formula is C18H29N3O2. The van der Waals surface area contributed by atoms with E-state index < -0.39 is 0 Å². The van der Waals surface area contributed by atoms with Gasteiger partial charge in [0.2, 0.25) is 0 Å². The van der Waals surface area contributed by atoms with Crippen molar-refractivity contribution in [2.75, 3.05) is 26.2 Å². The average molecular weight is 319 g/mol. The van der Waals surface area contributed by atoms with Gasteiger partial charge in [-0.15, -0.1) is 0 Å². The number of aliphatic hydroxyl groups is 1. The molecule has 0 saturated carbocycles. The first kappa shape index (κ1) is 17.6. The van der Waals surface area contributed by atoms with Crippen molar-refractivity contribution in [1.82, 2.24) is 10.2 Å². The van der Waals surface area contributed by atoms with Gasteiger partial charge in [-0.2, -0.15) is 0 Å². The van der Waals surface area contributed by atoms with Crippen molar-refractivity contribution < 1.29 is 9.84 Å². The SMILES string of the molecule is CCCCOc1cccc(CN=C(NCC)N2CC[C@@H](O)C2)c1. The maximum atomic E-state index is 9.70. The van der Waals surface area contributed by atoms with Crippen LogP contribution in [-0.2, 0) is 6.54 Å². The molecule has 1 atom stereocenters. The van der Waals surface area contributed by atoms with E-state index in [4.69, 9.17) is 9.73 Å². The molecule has 0 spiro atoms. The Labute approximate surface area is 139 Å². The topological polar surface area (TPSA) is 57.1 Å². The Bertz CT molecular complexity index is 505. The van der Waals surface area contributed by atoms with E-state index in [0.29, 0.717) is 13.1 Å². The van der Waals surface area contributed by atoms with Crippen LogP contribution >= 0.6 is 0 Å². The maximum Gasteiger partial charge on any atom is 0.194 e. The Kier molecular flexibility index (Phi) is 7.20. The quantitative estimate of drug-likeness (QED) is 0.460.